The Balaban J connectivity index is 2.94. The lowest BCUT2D eigenvalue weighted by Gasteiger charge is -2.44. The van der Waals surface area contributed by atoms with Gasteiger partial charge in [-0.3, -0.25) is 0 Å². The average molecular weight is 200 g/mol. The Kier molecular flexibility index (Phi) is 3.20. The van der Waals surface area contributed by atoms with Crippen molar-refractivity contribution in [3.63, 3.8) is 0 Å². The number of rotatable bonds is 1. The van der Waals surface area contributed by atoms with Crippen molar-refractivity contribution in [1.82, 2.24) is 0 Å². The third-order valence-electron chi connectivity index (χ3n) is 3.62. The van der Waals surface area contributed by atoms with E-state index in [4.69, 9.17) is 5.26 Å². The van der Waals surface area contributed by atoms with Gasteiger partial charge in [0.15, 0.2) is 0 Å². The Bertz CT molecular complexity index is 209. The first kappa shape index (κ1) is 11.5. The summed E-state index contributed by atoms with van der Waals surface area (Å²) in [4.78, 5) is 15.6. The summed E-state index contributed by atoms with van der Waals surface area (Å²) in [5.74, 6) is -0.454. The van der Waals surface area contributed by atoms with Gasteiger partial charge in [-0.15, -0.1) is 0 Å². The van der Waals surface area contributed by atoms with Crippen LogP contribution in [-0.4, -0.2) is 11.2 Å². The Morgan fingerprint density at radius 1 is 1.21 bits per heavy atom. The molecule has 14 heavy (non-hydrogen) atoms. The molecule has 0 aromatic rings. The normalized spacial score (nSPS) is 21.7. The molecule has 0 aromatic heterocycles. The van der Waals surface area contributed by atoms with Gasteiger partial charge in [-0.2, -0.15) is 5.26 Å². The number of hydrogen-bond acceptors (Lipinski definition) is 3. The quantitative estimate of drug-likeness (QED) is 0.523. The minimum Gasteiger partial charge on any atom is -0.300 e. The molecule has 1 N–H and O–H groups in total. The summed E-state index contributed by atoms with van der Waals surface area (Å²) in [6.07, 6.45) is 4.93. The third-order valence-corrected chi connectivity index (χ3v) is 3.62. The highest BCUT2D eigenvalue weighted by molar-refractivity contribution is 5.77. The van der Waals surface area contributed by atoms with Crippen LogP contribution in [0.5, 0.6) is 0 Å². The van der Waals surface area contributed by atoms with Crippen LogP contribution in [0.15, 0.2) is 0 Å². The smallest absolute Gasteiger partial charge is 0.300 e. The molecule has 0 aromatic carbocycles. The Morgan fingerprint density at radius 3 is 2.07 bits per heavy atom. The first-order valence-corrected chi connectivity index (χ1v) is 5.30. The summed E-state index contributed by atoms with van der Waals surface area (Å²) >= 11 is 0. The van der Waals surface area contributed by atoms with E-state index in [1.165, 1.54) is 6.42 Å². The van der Waals surface area contributed by atoms with E-state index in [1.54, 1.807) is 0 Å². The molecule has 0 aliphatic heterocycles. The van der Waals surface area contributed by atoms with Crippen molar-refractivity contribution in [2.24, 2.45) is 10.8 Å². The highest BCUT2D eigenvalue weighted by Crippen LogP contribution is 2.50. The van der Waals surface area contributed by atoms with Crippen molar-refractivity contribution < 1.29 is 14.9 Å². The number of hydrogen-bond donors (Lipinski definition) is 1. The van der Waals surface area contributed by atoms with E-state index in [0.29, 0.717) is 0 Å². The van der Waals surface area contributed by atoms with E-state index in [2.05, 4.69) is 4.89 Å². The Hall–Kier alpha value is -0.570. The highest BCUT2D eigenvalue weighted by atomic mass is 17.1. The SMILES string of the molecule is CC(C)(C)C1(C(=O)OO)CCCCC1. The fourth-order valence-electron chi connectivity index (χ4n) is 2.50. The van der Waals surface area contributed by atoms with Crippen LogP contribution in [0.1, 0.15) is 52.9 Å². The van der Waals surface area contributed by atoms with Gasteiger partial charge in [0.05, 0.1) is 5.41 Å². The van der Waals surface area contributed by atoms with E-state index in [0.717, 1.165) is 25.7 Å². The Morgan fingerprint density at radius 2 is 1.71 bits per heavy atom. The van der Waals surface area contributed by atoms with E-state index >= 15 is 0 Å². The van der Waals surface area contributed by atoms with Gasteiger partial charge in [0, 0.05) is 0 Å². The lowest BCUT2D eigenvalue weighted by molar-refractivity contribution is -0.253. The Labute approximate surface area is 85.4 Å². The zero-order chi connectivity index (χ0) is 10.8. The van der Waals surface area contributed by atoms with Gasteiger partial charge in [-0.25, -0.2) is 4.79 Å². The van der Waals surface area contributed by atoms with Crippen molar-refractivity contribution in [2.45, 2.75) is 52.9 Å². The highest BCUT2D eigenvalue weighted by Gasteiger charge is 2.50. The standard InChI is InChI=1S/C11H20O3/c1-10(2,3)11(9(12)14-13)7-5-4-6-8-11/h13H,4-8H2,1-3H3. The van der Waals surface area contributed by atoms with E-state index in [1.807, 2.05) is 20.8 Å². The molecule has 1 fully saturated rings. The summed E-state index contributed by atoms with van der Waals surface area (Å²) in [7, 11) is 0. The van der Waals surface area contributed by atoms with Crippen molar-refractivity contribution in [3.05, 3.63) is 0 Å². The van der Waals surface area contributed by atoms with Crippen LogP contribution >= 0.6 is 0 Å². The second-order valence-electron chi connectivity index (χ2n) is 5.27. The van der Waals surface area contributed by atoms with Gasteiger partial charge < -0.3 is 4.89 Å². The monoisotopic (exact) mass is 200 g/mol. The van der Waals surface area contributed by atoms with Crippen molar-refractivity contribution >= 4 is 5.97 Å². The topological polar surface area (TPSA) is 46.5 Å². The molecule has 1 aliphatic carbocycles. The van der Waals surface area contributed by atoms with Crippen LogP contribution in [0, 0.1) is 10.8 Å². The maximum absolute atomic E-state index is 11.7. The molecular formula is C11H20O3. The maximum Gasteiger partial charge on any atom is 0.348 e. The van der Waals surface area contributed by atoms with Crippen LogP contribution in [0.2, 0.25) is 0 Å². The molecule has 82 valence electrons. The summed E-state index contributed by atoms with van der Waals surface area (Å²) in [5.41, 5.74) is -0.632. The van der Waals surface area contributed by atoms with Crippen molar-refractivity contribution in [1.29, 1.82) is 0 Å². The second kappa shape index (κ2) is 3.89. The molecule has 3 nitrogen and oxygen atoms in total. The zero-order valence-corrected chi connectivity index (χ0v) is 9.30. The summed E-state index contributed by atoms with van der Waals surface area (Å²) in [5, 5.41) is 8.57. The molecule has 0 unspecified atom stereocenters. The minimum absolute atomic E-state index is 0.146. The molecule has 0 spiro atoms. The van der Waals surface area contributed by atoms with Crippen molar-refractivity contribution in [2.75, 3.05) is 0 Å². The van der Waals surface area contributed by atoms with Gasteiger partial charge in [-0.1, -0.05) is 40.0 Å². The molecule has 0 atom stereocenters. The third kappa shape index (κ3) is 1.78. The molecule has 0 amide bonds. The molecule has 3 heteroatoms. The van der Waals surface area contributed by atoms with Crippen LogP contribution in [0.4, 0.5) is 0 Å². The molecule has 1 aliphatic rings. The van der Waals surface area contributed by atoms with Gasteiger partial charge >= 0.3 is 5.97 Å². The number of carbonyl (C=O) groups excluding carboxylic acids is 1. The summed E-state index contributed by atoms with van der Waals surface area (Å²) in [6, 6.07) is 0. The van der Waals surface area contributed by atoms with E-state index in [-0.39, 0.29) is 5.41 Å². The van der Waals surface area contributed by atoms with E-state index in [9.17, 15) is 4.79 Å². The van der Waals surface area contributed by atoms with Crippen molar-refractivity contribution in [3.8, 4) is 0 Å². The summed E-state index contributed by atoms with van der Waals surface area (Å²) in [6.45, 7) is 6.11. The van der Waals surface area contributed by atoms with Gasteiger partial charge in [0.2, 0.25) is 0 Å². The molecule has 1 rings (SSSR count). The van der Waals surface area contributed by atoms with Gasteiger partial charge in [0.1, 0.15) is 0 Å². The minimum atomic E-state index is -0.486. The molecule has 0 saturated heterocycles. The average Bonchev–Trinajstić information content (AvgIpc) is 2.16. The fraction of sp³-hybridized carbons (Fsp3) is 0.909. The van der Waals surface area contributed by atoms with Gasteiger partial charge in [-0.05, 0) is 18.3 Å². The van der Waals surface area contributed by atoms with Crippen LogP contribution < -0.4 is 0 Å². The molecule has 0 radical (unpaired) electrons. The van der Waals surface area contributed by atoms with Crippen LogP contribution in [0.25, 0.3) is 0 Å². The molecule has 0 bridgehead atoms. The molecule has 0 heterocycles. The number of carbonyl (C=O) groups is 1. The van der Waals surface area contributed by atoms with Gasteiger partial charge in [0.25, 0.3) is 0 Å². The molecular weight excluding hydrogens is 180 g/mol. The predicted molar refractivity (Wildman–Crippen MR) is 53.7 cm³/mol. The lowest BCUT2D eigenvalue weighted by atomic mass is 9.59. The molecule has 1 saturated carbocycles. The largest absolute Gasteiger partial charge is 0.348 e. The zero-order valence-electron chi connectivity index (χ0n) is 9.30. The first-order valence-electron chi connectivity index (χ1n) is 5.30. The predicted octanol–water partition coefficient (Wildman–Crippen LogP) is 3.00. The lowest BCUT2D eigenvalue weighted by Crippen LogP contribution is -2.45. The van der Waals surface area contributed by atoms with Crippen LogP contribution in [-0.2, 0) is 9.68 Å². The fourth-order valence-corrected chi connectivity index (χ4v) is 2.50. The maximum atomic E-state index is 11.7. The second-order valence-corrected chi connectivity index (χ2v) is 5.27. The first-order chi connectivity index (χ1) is 6.44. The summed E-state index contributed by atoms with van der Waals surface area (Å²) < 4.78 is 0. The van der Waals surface area contributed by atoms with E-state index < -0.39 is 11.4 Å². The van der Waals surface area contributed by atoms with Crippen LogP contribution in [0.3, 0.4) is 0 Å².